The smallest absolute Gasteiger partial charge is 0.416 e. The molecular formula is C15H18F3NO4. The Morgan fingerprint density at radius 2 is 1.83 bits per heavy atom. The normalized spacial score (nSPS) is 11.9. The summed E-state index contributed by atoms with van der Waals surface area (Å²) >= 11 is 0. The number of carbonyl (C=O) groups is 2. The molecule has 0 unspecified atom stereocenters. The molecule has 2 N–H and O–H groups in total. The Kier molecular flexibility index (Phi) is 5.63. The van der Waals surface area contributed by atoms with E-state index in [2.05, 4.69) is 5.32 Å². The highest BCUT2D eigenvalue weighted by molar-refractivity contribution is 5.70. The van der Waals surface area contributed by atoms with Gasteiger partial charge in [-0.05, 0) is 38.0 Å². The first kappa shape index (κ1) is 18.8. The third-order valence-electron chi connectivity index (χ3n) is 2.65. The van der Waals surface area contributed by atoms with Crippen molar-refractivity contribution in [3.63, 3.8) is 0 Å². The van der Waals surface area contributed by atoms with Crippen LogP contribution in [0.3, 0.4) is 0 Å². The first-order valence-electron chi connectivity index (χ1n) is 6.76. The van der Waals surface area contributed by atoms with Crippen molar-refractivity contribution in [2.45, 2.75) is 45.5 Å². The maximum Gasteiger partial charge on any atom is 0.416 e. The number of rotatable bonds is 4. The van der Waals surface area contributed by atoms with E-state index in [1.54, 1.807) is 20.8 Å². The van der Waals surface area contributed by atoms with Crippen molar-refractivity contribution < 1.29 is 32.6 Å². The van der Waals surface area contributed by atoms with Crippen molar-refractivity contribution in [2.24, 2.45) is 0 Å². The molecule has 0 saturated carbocycles. The third kappa shape index (κ3) is 6.58. The minimum Gasteiger partial charge on any atom is -0.481 e. The average Bonchev–Trinajstić information content (AvgIpc) is 2.32. The molecule has 0 aliphatic heterocycles. The Bertz CT molecular complexity index is 591. The van der Waals surface area contributed by atoms with Gasteiger partial charge in [0, 0.05) is 6.54 Å². The van der Waals surface area contributed by atoms with Crippen molar-refractivity contribution in [1.29, 1.82) is 0 Å². The fourth-order valence-corrected chi connectivity index (χ4v) is 1.84. The Morgan fingerprint density at radius 1 is 1.22 bits per heavy atom. The number of hydrogen-bond donors (Lipinski definition) is 2. The number of hydrogen-bond acceptors (Lipinski definition) is 3. The van der Waals surface area contributed by atoms with Crippen LogP contribution >= 0.6 is 0 Å². The molecule has 1 aromatic rings. The number of amides is 1. The number of nitrogens with one attached hydrogen (secondary N) is 1. The van der Waals surface area contributed by atoms with Gasteiger partial charge in [-0.1, -0.05) is 12.1 Å². The number of halogens is 3. The van der Waals surface area contributed by atoms with Crippen LogP contribution in [-0.4, -0.2) is 22.8 Å². The number of carboxylic acids is 1. The van der Waals surface area contributed by atoms with Crippen LogP contribution in [0.25, 0.3) is 0 Å². The van der Waals surface area contributed by atoms with Crippen LogP contribution in [0.15, 0.2) is 18.2 Å². The van der Waals surface area contributed by atoms with Crippen LogP contribution in [0, 0.1) is 0 Å². The SMILES string of the molecule is CC(C)(C)OC(=O)NCc1cc(CC(=O)O)ccc1C(F)(F)F. The molecule has 0 heterocycles. The molecule has 1 rings (SSSR count). The van der Waals surface area contributed by atoms with Gasteiger partial charge in [-0.2, -0.15) is 13.2 Å². The van der Waals surface area contributed by atoms with E-state index in [4.69, 9.17) is 9.84 Å². The van der Waals surface area contributed by atoms with E-state index in [-0.39, 0.29) is 11.1 Å². The van der Waals surface area contributed by atoms with Crippen molar-refractivity contribution in [3.05, 3.63) is 34.9 Å². The number of alkyl halides is 3. The second-order valence-corrected chi connectivity index (χ2v) is 5.92. The minimum atomic E-state index is -4.60. The van der Waals surface area contributed by atoms with E-state index >= 15 is 0 Å². The molecule has 0 spiro atoms. The molecule has 128 valence electrons. The summed E-state index contributed by atoms with van der Waals surface area (Å²) in [6.07, 6.45) is -5.86. The van der Waals surface area contributed by atoms with E-state index in [0.29, 0.717) is 0 Å². The molecule has 0 aromatic heterocycles. The Labute approximate surface area is 131 Å². The molecule has 0 radical (unpaired) electrons. The predicted molar refractivity (Wildman–Crippen MR) is 75.9 cm³/mol. The maximum atomic E-state index is 13.0. The zero-order valence-corrected chi connectivity index (χ0v) is 13.0. The van der Waals surface area contributed by atoms with Crippen LogP contribution in [-0.2, 0) is 28.7 Å². The van der Waals surface area contributed by atoms with Gasteiger partial charge in [-0.25, -0.2) is 4.79 Å². The van der Waals surface area contributed by atoms with Gasteiger partial charge in [0.15, 0.2) is 0 Å². The highest BCUT2D eigenvalue weighted by Crippen LogP contribution is 2.32. The summed E-state index contributed by atoms with van der Waals surface area (Å²) in [5.41, 5.74) is -1.71. The molecule has 23 heavy (non-hydrogen) atoms. The summed E-state index contributed by atoms with van der Waals surface area (Å²) in [5.74, 6) is -1.16. The van der Waals surface area contributed by atoms with Gasteiger partial charge in [-0.3, -0.25) is 4.79 Å². The summed E-state index contributed by atoms with van der Waals surface area (Å²) < 4.78 is 43.9. The monoisotopic (exact) mass is 333 g/mol. The summed E-state index contributed by atoms with van der Waals surface area (Å²) in [4.78, 5) is 22.2. The van der Waals surface area contributed by atoms with Crippen LogP contribution in [0.1, 0.15) is 37.5 Å². The molecule has 0 saturated heterocycles. The molecule has 1 amide bonds. The van der Waals surface area contributed by atoms with Gasteiger partial charge < -0.3 is 15.2 Å². The largest absolute Gasteiger partial charge is 0.481 e. The molecule has 0 aliphatic carbocycles. The van der Waals surface area contributed by atoms with E-state index in [0.717, 1.165) is 18.2 Å². The lowest BCUT2D eigenvalue weighted by Crippen LogP contribution is -2.32. The van der Waals surface area contributed by atoms with Crippen LogP contribution in [0.5, 0.6) is 0 Å². The van der Waals surface area contributed by atoms with Gasteiger partial charge in [0.25, 0.3) is 0 Å². The number of benzene rings is 1. The third-order valence-corrected chi connectivity index (χ3v) is 2.65. The van der Waals surface area contributed by atoms with Gasteiger partial charge >= 0.3 is 18.2 Å². The lowest BCUT2D eigenvalue weighted by molar-refractivity contribution is -0.138. The minimum absolute atomic E-state index is 0.214. The number of carbonyl (C=O) groups excluding carboxylic acids is 1. The maximum absolute atomic E-state index is 13.0. The van der Waals surface area contributed by atoms with Gasteiger partial charge in [0.05, 0.1) is 12.0 Å². The van der Waals surface area contributed by atoms with Crippen molar-refractivity contribution in [3.8, 4) is 0 Å². The molecule has 1 aromatic carbocycles. The van der Waals surface area contributed by atoms with E-state index in [9.17, 15) is 22.8 Å². The van der Waals surface area contributed by atoms with Crippen molar-refractivity contribution in [2.75, 3.05) is 0 Å². The highest BCUT2D eigenvalue weighted by Gasteiger charge is 2.33. The first-order chi connectivity index (χ1) is 10.4. The summed E-state index contributed by atoms with van der Waals surface area (Å²) in [6, 6.07) is 3.03. The van der Waals surface area contributed by atoms with Crippen LogP contribution in [0.2, 0.25) is 0 Å². The fraction of sp³-hybridized carbons (Fsp3) is 0.467. The standard InChI is InChI=1S/C15H18F3NO4/c1-14(2,3)23-13(22)19-8-10-6-9(7-12(20)21)4-5-11(10)15(16,17)18/h4-6H,7-8H2,1-3H3,(H,19,22)(H,20,21). The average molecular weight is 333 g/mol. The number of ether oxygens (including phenoxy) is 1. The molecular weight excluding hydrogens is 315 g/mol. The van der Waals surface area contributed by atoms with Crippen molar-refractivity contribution >= 4 is 12.1 Å². The first-order valence-corrected chi connectivity index (χ1v) is 6.76. The molecule has 0 aliphatic rings. The van der Waals surface area contributed by atoms with Crippen LogP contribution in [0.4, 0.5) is 18.0 Å². The molecule has 0 fully saturated rings. The number of carboxylic acid groups (broad SMARTS) is 1. The number of alkyl carbamates (subject to hydrolysis) is 1. The van der Waals surface area contributed by atoms with Gasteiger partial charge in [0.1, 0.15) is 5.60 Å². The summed E-state index contributed by atoms with van der Waals surface area (Å²) in [6.45, 7) is 4.46. The molecule has 5 nitrogen and oxygen atoms in total. The van der Waals surface area contributed by atoms with Gasteiger partial charge in [-0.15, -0.1) is 0 Å². The lowest BCUT2D eigenvalue weighted by atomic mass is 10.0. The second-order valence-electron chi connectivity index (χ2n) is 5.92. The molecule has 0 atom stereocenters. The molecule has 0 bridgehead atoms. The second kappa shape index (κ2) is 6.89. The topological polar surface area (TPSA) is 75.6 Å². The fourth-order valence-electron chi connectivity index (χ4n) is 1.84. The van der Waals surface area contributed by atoms with E-state index in [1.165, 1.54) is 0 Å². The zero-order chi connectivity index (χ0) is 17.8. The Balaban J connectivity index is 2.96. The van der Waals surface area contributed by atoms with Gasteiger partial charge in [0.2, 0.25) is 0 Å². The Hall–Kier alpha value is -2.25. The zero-order valence-electron chi connectivity index (χ0n) is 13.0. The van der Waals surface area contributed by atoms with Crippen LogP contribution < -0.4 is 5.32 Å². The summed E-state index contributed by atoms with van der Waals surface area (Å²) in [7, 11) is 0. The lowest BCUT2D eigenvalue weighted by Gasteiger charge is -2.20. The predicted octanol–water partition coefficient (Wildman–Crippen LogP) is 3.36. The summed E-state index contributed by atoms with van der Waals surface area (Å²) in [5, 5.41) is 11.0. The number of aliphatic carboxylic acids is 1. The van der Waals surface area contributed by atoms with E-state index < -0.39 is 42.4 Å². The molecule has 8 heteroatoms. The van der Waals surface area contributed by atoms with Crippen molar-refractivity contribution in [1.82, 2.24) is 5.32 Å². The Morgan fingerprint density at radius 3 is 2.30 bits per heavy atom. The van der Waals surface area contributed by atoms with E-state index in [1.807, 2.05) is 0 Å². The quantitative estimate of drug-likeness (QED) is 0.886. The highest BCUT2D eigenvalue weighted by atomic mass is 19.4.